The van der Waals surface area contributed by atoms with Gasteiger partial charge in [-0.05, 0) is 16.7 Å². The van der Waals surface area contributed by atoms with Gasteiger partial charge in [0.05, 0.1) is 12.1 Å². The van der Waals surface area contributed by atoms with Gasteiger partial charge in [0.2, 0.25) is 0 Å². The Kier molecular flexibility index (Phi) is 3.88. The molecule has 0 radical (unpaired) electrons. The molecule has 2 unspecified atom stereocenters. The maximum atomic E-state index is 12.0. The third kappa shape index (κ3) is 3.06. The van der Waals surface area contributed by atoms with Crippen LogP contribution in [0.5, 0.6) is 0 Å². The van der Waals surface area contributed by atoms with E-state index in [1.54, 1.807) is 0 Å². The fourth-order valence-corrected chi connectivity index (χ4v) is 2.72. The van der Waals surface area contributed by atoms with Crippen LogP contribution < -0.4 is 10.6 Å². The van der Waals surface area contributed by atoms with Gasteiger partial charge in [-0.2, -0.15) is 0 Å². The van der Waals surface area contributed by atoms with E-state index in [4.69, 9.17) is 0 Å². The first-order valence-corrected chi connectivity index (χ1v) is 7.08. The lowest BCUT2D eigenvalue weighted by Crippen LogP contribution is -2.40. The Balaban J connectivity index is 1.60. The van der Waals surface area contributed by atoms with Gasteiger partial charge in [0, 0.05) is 13.0 Å². The molecule has 0 spiro atoms. The number of nitrogens with one attached hydrogen (secondary N) is 2. The summed E-state index contributed by atoms with van der Waals surface area (Å²) in [5.74, 6) is 0. The first-order chi connectivity index (χ1) is 10.2. The Hall–Kier alpha value is -2.33. The van der Waals surface area contributed by atoms with Crippen molar-refractivity contribution < 1.29 is 9.90 Å². The van der Waals surface area contributed by atoms with E-state index in [2.05, 4.69) is 10.6 Å². The van der Waals surface area contributed by atoms with Gasteiger partial charge in [-0.1, -0.05) is 54.6 Å². The van der Waals surface area contributed by atoms with Crippen LogP contribution in [-0.2, 0) is 13.0 Å². The van der Waals surface area contributed by atoms with Gasteiger partial charge in [0.1, 0.15) is 0 Å². The summed E-state index contributed by atoms with van der Waals surface area (Å²) in [6.07, 6.45) is 0.0182. The van der Waals surface area contributed by atoms with E-state index in [-0.39, 0.29) is 12.1 Å². The minimum absolute atomic E-state index is 0.264. The van der Waals surface area contributed by atoms with Gasteiger partial charge in [-0.15, -0.1) is 0 Å². The number of amides is 2. The maximum Gasteiger partial charge on any atom is 0.315 e. The first kappa shape index (κ1) is 13.6. The van der Waals surface area contributed by atoms with E-state index in [1.165, 1.54) is 0 Å². The lowest BCUT2D eigenvalue weighted by atomic mass is 10.1. The number of aliphatic hydroxyl groups excluding tert-OH is 1. The zero-order chi connectivity index (χ0) is 14.7. The smallest absolute Gasteiger partial charge is 0.315 e. The molecule has 2 atom stereocenters. The molecule has 108 valence electrons. The summed E-state index contributed by atoms with van der Waals surface area (Å²) in [6, 6.07) is 16.9. The Morgan fingerprint density at radius 1 is 1.10 bits per heavy atom. The Morgan fingerprint density at radius 3 is 2.62 bits per heavy atom. The number of aliphatic hydroxyl groups is 1. The third-order valence-corrected chi connectivity index (χ3v) is 3.79. The normalized spacial score (nSPS) is 19.9. The van der Waals surface area contributed by atoms with Crippen molar-refractivity contribution in [2.45, 2.75) is 25.1 Å². The molecule has 0 saturated carbocycles. The van der Waals surface area contributed by atoms with Crippen LogP contribution in [0.15, 0.2) is 54.6 Å². The van der Waals surface area contributed by atoms with Gasteiger partial charge >= 0.3 is 6.03 Å². The molecule has 1 aliphatic rings. The average molecular weight is 282 g/mol. The predicted octanol–water partition coefficient (Wildman–Crippen LogP) is 2.14. The van der Waals surface area contributed by atoms with Crippen molar-refractivity contribution in [2.24, 2.45) is 0 Å². The highest BCUT2D eigenvalue weighted by Gasteiger charge is 2.31. The molecule has 3 rings (SSSR count). The molecule has 4 nitrogen and oxygen atoms in total. The van der Waals surface area contributed by atoms with Gasteiger partial charge in [-0.3, -0.25) is 0 Å². The summed E-state index contributed by atoms with van der Waals surface area (Å²) in [6.45, 7) is 0.469. The first-order valence-electron chi connectivity index (χ1n) is 7.08. The standard InChI is InChI=1S/C17H18N2O2/c20-15-10-13-8-4-5-9-14(13)16(15)19-17(21)18-11-12-6-2-1-3-7-12/h1-9,15-16,20H,10-11H2,(H2,18,19,21). The molecule has 0 heterocycles. The van der Waals surface area contributed by atoms with Crippen molar-refractivity contribution in [3.63, 3.8) is 0 Å². The number of hydrogen-bond donors (Lipinski definition) is 3. The highest BCUT2D eigenvalue weighted by molar-refractivity contribution is 5.74. The van der Waals surface area contributed by atoms with Gasteiger partial charge in [-0.25, -0.2) is 4.79 Å². The molecule has 0 fully saturated rings. The van der Waals surface area contributed by atoms with Crippen molar-refractivity contribution >= 4 is 6.03 Å². The van der Waals surface area contributed by atoms with Crippen LogP contribution in [0.2, 0.25) is 0 Å². The number of urea groups is 1. The number of carbonyl (C=O) groups is 1. The minimum atomic E-state index is -0.565. The van der Waals surface area contributed by atoms with E-state index < -0.39 is 6.10 Å². The SMILES string of the molecule is O=C(NCc1ccccc1)NC1c2ccccc2CC1O. The molecule has 0 saturated heterocycles. The maximum absolute atomic E-state index is 12.0. The van der Waals surface area contributed by atoms with E-state index in [9.17, 15) is 9.90 Å². The van der Waals surface area contributed by atoms with Crippen LogP contribution >= 0.6 is 0 Å². The number of carbonyl (C=O) groups excluding carboxylic acids is 1. The summed E-state index contributed by atoms with van der Waals surface area (Å²) in [7, 11) is 0. The molecule has 1 aliphatic carbocycles. The molecule has 3 N–H and O–H groups in total. The van der Waals surface area contributed by atoms with Gasteiger partial charge < -0.3 is 15.7 Å². The lowest BCUT2D eigenvalue weighted by Gasteiger charge is -2.18. The topological polar surface area (TPSA) is 61.4 Å². The Labute approximate surface area is 123 Å². The van der Waals surface area contributed by atoms with Gasteiger partial charge in [0.25, 0.3) is 0 Å². The summed E-state index contributed by atoms with van der Waals surface area (Å²) in [4.78, 5) is 12.0. The second-order valence-corrected chi connectivity index (χ2v) is 5.26. The summed E-state index contributed by atoms with van der Waals surface area (Å²) < 4.78 is 0. The number of rotatable bonds is 3. The van der Waals surface area contributed by atoms with Gasteiger partial charge in [0.15, 0.2) is 0 Å². The van der Waals surface area contributed by atoms with Crippen LogP contribution in [0.4, 0.5) is 4.79 Å². The largest absolute Gasteiger partial charge is 0.390 e. The quantitative estimate of drug-likeness (QED) is 0.807. The van der Waals surface area contributed by atoms with Crippen LogP contribution in [0, 0.1) is 0 Å². The van der Waals surface area contributed by atoms with Crippen molar-refractivity contribution in [1.82, 2.24) is 10.6 Å². The second kappa shape index (κ2) is 5.97. The molecule has 0 bridgehead atoms. The molecular formula is C17H18N2O2. The second-order valence-electron chi connectivity index (χ2n) is 5.26. The minimum Gasteiger partial charge on any atom is -0.390 e. The van der Waals surface area contributed by atoms with Crippen molar-refractivity contribution in [2.75, 3.05) is 0 Å². The lowest BCUT2D eigenvalue weighted by molar-refractivity contribution is 0.142. The molecule has 2 amide bonds. The Morgan fingerprint density at radius 2 is 1.81 bits per heavy atom. The van der Waals surface area contributed by atoms with Crippen LogP contribution in [0.3, 0.4) is 0 Å². The summed E-state index contributed by atoms with van der Waals surface area (Å²) in [5.41, 5.74) is 3.14. The Bertz CT molecular complexity index is 628. The van der Waals surface area contributed by atoms with E-state index in [1.807, 2.05) is 54.6 Å². The molecule has 0 aromatic heterocycles. The summed E-state index contributed by atoms with van der Waals surface area (Å²) >= 11 is 0. The molecule has 21 heavy (non-hydrogen) atoms. The van der Waals surface area contributed by atoms with Crippen molar-refractivity contribution in [3.05, 3.63) is 71.3 Å². The average Bonchev–Trinajstić information content (AvgIpc) is 2.82. The van der Waals surface area contributed by atoms with E-state index in [0.717, 1.165) is 16.7 Å². The fourth-order valence-electron chi connectivity index (χ4n) is 2.72. The monoisotopic (exact) mass is 282 g/mol. The third-order valence-electron chi connectivity index (χ3n) is 3.79. The molecule has 4 heteroatoms. The number of benzene rings is 2. The fraction of sp³-hybridized carbons (Fsp3) is 0.235. The number of hydrogen-bond acceptors (Lipinski definition) is 2. The number of fused-ring (bicyclic) bond motifs is 1. The van der Waals surface area contributed by atoms with Crippen LogP contribution in [0.1, 0.15) is 22.7 Å². The van der Waals surface area contributed by atoms with Crippen molar-refractivity contribution in [1.29, 1.82) is 0 Å². The highest BCUT2D eigenvalue weighted by atomic mass is 16.3. The summed E-state index contributed by atoms with van der Waals surface area (Å²) in [5, 5.41) is 15.8. The van der Waals surface area contributed by atoms with E-state index in [0.29, 0.717) is 13.0 Å². The highest BCUT2D eigenvalue weighted by Crippen LogP contribution is 2.30. The predicted molar refractivity (Wildman–Crippen MR) is 80.7 cm³/mol. The zero-order valence-electron chi connectivity index (χ0n) is 11.6. The van der Waals surface area contributed by atoms with Crippen LogP contribution in [0.25, 0.3) is 0 Å². The van der Waals surface area contributed by atoms with Crippen molar-refractivity contribution in [3.8, 4) is 0 Å². The molecule has 2 aromatic carbocycles. The van der Waals surface area contributed by atoms with Crippen LogP contribution in [-0.4, -0.2) is 17.2 Å². The van der Waals surface area contributed by atoms with E-state index >= 15 is 0 Å². The molecule has 0 aliphatic heterocycles. The molecular weight excluding hydrogens is 264 g/mol. The molecule has 2 aromatic rings. The zero-order valence-corrected chi connectivity index (χ0v) is 11.6.